The second-order valence-corrected chi connectivity index (χ2v) is 11.1. The van der Waals surface area contributed by atoms with Crippen molar-refractivity contribution in [2.45, 2.75) is 66.1 Å². The molecular weight excluding hydrogens is 469 g/mol. The van der Waals surface area contributed by atoms with Crippen LogP contribution in [0.3, 0.4) is 0 Å². The molecule has 0 aliphatic rings. The van der Waals surface area contributed by atoms with Crippen LogP contribution < -0.4 is 9.62 Å². The van der Waals surface area contributed by atoms with E-state index in [-0.39, 0.29) is 49.6 Å². The Labute approximate surface area is 208 Å². The normalized spacial score (nSPS) is 12.3. The van der Waals surface area contributed by atoms with Crippen LogP contribution in [0.2, 0.25) is 0 Å². The molecule has 0 bridgehead atoms. The van der Waals surface area contributed by atoms with E-state index >= 15 is 0 Å². The molecule has 0 saturated heterocycles. The third kappa shape index (κ3) is 8.35. The van der Waals surface area contributed by atoms with Gasteiger partial charge in [-0.2, -0.15) is 0 Å². The van der Waals surface area contributed by atoms with Gasteiger partial charge in [0.05, 0.1) is 11.9 Å². The second kappa shape index (κ2) is 12.2. The van der Waals surface area contributed by atoms with Gasteiger partial charge in [0.25, 0.3) is 0 Å². The number of benzene rings is 2. The van der Waals surface area contributed by atoms with Crippen molar-refractivity contribution < 1.29 is 22.4 Å². The summed E-state index contributed by atoms with van der Waals surface area (Å²) in [5.41, 5.74) is 3.04. The summed E-state index contributed by atoms with van der Waals surface area (Å²) in [6.45, 7) is 9.33. The van der Waals surface area contributed by atoms with Crippen LogP contribution in [0.1, 0.15) is 50.3 Å². The summed E-state index contributed by atoms with van der Waals surface area (Å²) in [6.07, 6.45) is 1.48. The molecule has 1 unspecified atom stereocenters. The average molecular weight is 506 g/mol. The van der Waals surface area contributed by atoms with Crippen LogP contribution in [-0.4, -0.2) is 50.0 Å². The van der Waals surface area contributed by atoms with Crippen molar-refractivity contribution in [3.05, 3.63) is 65.0 Å². The SMILES string of the molecule is Cc1ccc(C)c(N(CCCC(=O)N(Cc2ccc(F)cc2)C(C)C(=O)NC(C)C)S(C)(=O)=O)c1. The van der Waals surface area contributed by atoms with Crippen molar-refractivity contribution in [3.8, 4) is 0 Å². The molecule has 2 amide bonds. The first-order valence-electron chi connectivity index (χ1n) is 11.7. The Bertz CT molecular complexity index is 1130. The highest BCUT2D eigenvalue weighted by atomic mass is 32.2. The Morgan fingerprint density at radius 3 is 2.23 bits per heavy atom. The predicted molar refractivity (Wildman–Crippen MR) is 137 cm³/mol. The molecule has 0 heterocycles. The number of rotatable bonds is 11. The van der Waals surface area contributed by atoms with E-state index in [1.807, 2.05) is 45.9 Å². The minimum atomic E-state index is -3.56. The summed E-state index contributed by atoms with van der Waals surface area (Å²) in [5.74, 6) is -0.955. The van der Waals surface area contributed by atoms with E-state index in [0.717, 1.165) is 17.4 Å². The van der Waals surface area contributed by atoms with E-state index in [0.29, 0.717) is 11.3 Å². The summed E-state index contributed by atoms with van der Waals surface area (Å²) >= 11 is 0. The Kier molecular flexibility index (Phi) is 9.82. The molecule has 1 atom stereocenters. The van der Waals surface area contributed by atoms with Crippen molar-refractivity contribution in [2.75, 3.05) is 17.1 Å². The molecule has 0 aromatic heterocycles. The van der Waals surface area contributed by atoms with Gasteiger partial charge < -0.3 is 10.2 Å². The minimum Gasteiger partial charge on any atom is -0.352 e. The molecule has 1 N–H and O–H groups in total. The van der Waals surface area contributed by atoms with Gasteiger partial charge in [0.1, 0.15) is 11.9 Å². The number of carbonyl (C=O) groups excluding carboxylic acids is 2. The van der Waals surface area contributed by atoms with Gasteiger partial charge in [0.15, 0.2) is 0 Å². The number of carbonyl (C=O) groups is 2. The first-order chi connectivity index (χ1) is 16.3. The van der Waals surface area contributed by atoms with Gasteiger partial charge in [0, 0.05) is 25.6 Å². The van der Waals surface area contributed by atoms with E-state index in [2.05, 4.69) is 5.32 Å². The number of aryl methyl sites for hydroxylation is 2. The Morgan fingerprint density at radius 1 is 1.03 bits per heavy atom. The highest BCUT2D eigenvalue weighted by molar-refractivity contribution is 7.92. The van der Waals surface area contributed by atoms with Gasteiger partial charge in [-0.3, -0.25) is 13.9 Å². The molecular formula is C26H36FN3O4S. The highest BCUT2D eigenvalue weighted by Gasteiger charge is 2.27. The smallest absolute Gasteiger partial charge is 0.242 e. The van der Waals surface area contributed by atoms with Crippen molar-refractivity contribution in [1.82, 2.24) is 10.2 Å². The Morgan fingerprint density at radius 2 is 1.66 bits per heavy atom. The van der Waals surface area contributed by atoms with Crippen molar-refractivity contribution in [3.63, 3.8) is 0 Å². The molecule has 2 aromatic carbocycles. The molecule has 192 valence electrons. The molecule has 2 aromatic rings. The molecule has 0 spiro atoms. The number of nitrogens with one attached hydrogen (secondary N) is 1. The maximum Gasteiger partial charge on any atom is 0.242 e. The van der Waals surface area contributed by atoms with Gasteiger partial charge in [-0.15, -0.1) is 0 Å². The molecule has 35 heavy (non-hydrogen) atoms. The molecule has 0 aliphatic heterocycles. The second-order valence-electron chi connectivity index (χ2n) is 9.22. The Hall–Kier alpha value is -2.94. The minimum absolute atomic E-state index is 0.0530. The average Bonchev–Trinajstić information content (AvgIpc) is 2.76. The summed E-state index contributed by atoms with van der Waals surface area (Å²) in [6, 6.07) is 10.5. The Balaban J connectivity index is 2.20. The quantitative estimate of drug-likeness (QED) is 0.501. The maximum absolute atomic E-state index is 13.3. The van der Waals surface area contributed by atoms with Crippen molar-refractivity contribution in [1.29, 1.82) is 0 Å². The van der Waals surface area contributed by atoms with Gasteiger partial charge >= 0.3 is 0 Å². The van der Waals surface area contributed by atoms with Crippen LogP contribution in [0.4, 0.5) is 10.1 Å². The standard InChI is InChI=1S/C26H36FN3O4S/c1-18(2)28-26(32)21(5)29(17-22-11-13-23(27)14-12-22)25(31)8-7-15-30(35(6,33)34)24-16-19(3)9-10-20(24)4/h9-14,16,18,21H,7-8,15,17H2,1-6H3,(H,28,32). The lowest BCUT2D eigenvalue weighted by atomic mass is 10.1. The van der Waals surface area contributed by atoms with Crippen LogP contribution in [0.5, 0.6) is 0 Å². The van der Waals surface area contributed by atoms with E-state index in [9.17, 15) is 22.4 Å². The topological polar surface area (TPSA) is 86.8 Å². The van der Waals surface area contributed by atoms with Crippen molar-refractivity contribution in [2.24, 2.45) is 0 Å². The highest BCUT2D eigenvalue weighted by Crippen LogP contribution is 2.24. The number of hydrogen-bond donors (Lipinski definition) is 1. The molecule has 2 rings (SSSR count). The first-order valence-corrected chi connectivity index (χ1v) is 13.5. The maximum atomic E-state index is 13.3. The number of halogens is 1. The fourth-order valence-corrected chi connectivity index (χ4v) is 4.76. The van der Waals surface area contributed by atoms with Crippen LogP contribution in [-0.2, 0) is 26.2 Å². The molecule has 0 saturated carbocycles. The van der Waals surface area contributed by atoms with Crippen LogP contribution >= 0.6 is 0 Å². The number of sulfonamides is 1. The van der Waals surface area contributed by atoms with Crippen LogP contribution in [0.25, 0.3) is 0 Å². The van der Waals surface area contributed by atoms with Gasteiger partial charge in [0.2, 0.25) is 21.8 Å². The lowest BCUT2D eigenvalue weighted by Crippen LogP contribution is -2.49. The first kappa shape index (κ1) is 28.3. The van der Waals surface area contributed by atoms with Crippen LogP contribution in [0.15, 0.2) is 42.5 Å². The summed E-state index contributed by atoms with van der Waals surface area (Å²) in [7, 11) is -3.56. The van der Waals surface area contributed by atoms with E-state index in [1.54, 1.807) is 19.1 Å². The van der Waals surface area contributed by atoms with E-state index < -0.39 is 16.1 Å². The van der Waals surface area contributed by atoms with Gasteiger partial charge in [-0.25, -0.2) is 12.8 Å². The molecule has 0 fully saturated rings. The summed E-state index contributed by atoms with van der Waals surface area (Å²) in [4.78, 5) is 27.3. The molecule has 0 radical (unpaired) electrons. The van der Waals surface area contributed by atoms with E-state index in [4.69, 9.17) is 0 Å². The van der Waals surface area contributed by atoms with Crippen molar-refractivity contribution >= 4 is 27.5 Å². The lowest BCUT2D eigenvalue weighted by molar-refractivity contribution is -0.140. The zero-order valence-electron chi connectivity index (χ0n) is 21.3. The predicted octanol–water partition coefficient (Wildman–Crippen LogP) is 3.93. The van der Waals surface area contributed by atoms with Crippen LogP contribution in [0, 0.1) is 19.7 Å². The lowest BCUT2D eigenvalue weighted by Gasteiger charge is -2.30. The largest absolute Gasteiger partial charge is 0.352 e. The monoisotopic (exact) mass is 505 g/mol. The molecule has 9 heteroatoms. The summed E-state index contributed by atoms with van der Waals surface area (Å²) in [5, 5.41) is 2.82. The number of amides is 2. The zero-order chi connectivity index (χ0) is 26.3. The van der Waals surface area contributed by atoms with Gasteiger partial charge in [-0.05, 0) is 75.9 Å². The molecule has 0 aliphatic carbocycles. The molecule has 7 nitrogen and oxygen atoms in total. The van der Waals surface area contributed by atoms with E-state index in [1.165, 1.54) is 21.3 Å². The zero-order valence-corrected chi connectivity index (χ0v) is 22.2. The number of anilines is 1. The number of hydrogen-bond acceptors (Lipinski definition) is 4. The third-order valence-electron chi connectivity index (χ3n) is 5.65. The summed E-state index contributed by atoms with van der Waals surface area (Å²) < 4.78 is 39.7. The number of nitrogens with zero attached hydrogens (tertiary/aromatic N) is 2. The fourth-order valence-electron chi connectivity index (χ4n) is 3.74. The third-order valence-corrected chi connectivity index (χ3v) is 6.83. The fraction of sp³-hybridized carbons (Fsp3) is 0.462. The van der Waals surface area contributed by atoms with Gasteiger partial charge in [-0.1, -0.05) is 24.3 Å².